The molecule has 1 atom stereocenters. The Morgan fingerprint density at radius 2 is 1.74 bits per heavy atom. The van der Waals surface area contributed by atoms with Crippen molar-refractivity contribution in [2.75, 3.05) is 41.0 Å². The van der Waals surface area contributed by atoms with Crippen LogP contribution in [-0.4, -0.2) is 57.0 Å². The number of carbonyl (C=O) groups is 1. The van der Waals surface area contributed by atoms with Crippen LogP contribution in [-0.2, 0) is 4.79 Å². The first kappa shape index (κ1) is 22.7. The summed E-state index contributed by atoms with van der Waals surface area (Å²) < 4.78 is 22.5. The highest BCUT2D eigenvalue weighted by atomic mass is 16.5. The molecule has 1 aliphatic rings. The second-order valence-corrected chi connectivity index (χ2v) is 7.48. The molecular weight excluding hydrogens is 398 g/mol. The van der Waals surface area contributed by atoms with Gasteiger partial charge in [-0.25, -0.2) is 0 Å². The smallest absolute Gasteiger partial charge is 0.306 e. The fraction of sp³-hybridized carbons (Fsp3) is 0.458. The van der Waals surface area contributed by atoms with Crippen LogP contribution >= 0.6 is 0 Å². The van der Waals surface area contributed by atoms with Crippen LogP contribution in [0.5, 0.6) is 23.0 Å². The van der Waals surface area contributed by atoms with Crippen molar-refractivity contribution < 1.29 is 28.8 Å². The molecule has 7 heteroatoms. The molecule has 0 saturated carbocycles. The molecule has 1 N–H and O–H groups in total. The highest BCUT2D eigenvalue weighted by molar-refractivity contribution is 5.70. The number of nitrogens with zero attached hydrogens (tertiary/aromatic N) is 1. The number of hydrogen-bond donors (Lipinski definition) is 1. The fourth-order valence-electron chi connectivity index (χ4n) is 4.25. The molecule has 0 radical (unpaired) electrons. The van der Waals surface area contributed by atoms with Gasteiger partial charge in [-0.2, -0.15) is 0 Å². The van der Waals surface area contributed by atoms with Gasteiger partial charge in [-0.15, -0.1) is 0 Å². The standard InChI is InChI=1S/C24H31NO6/c1-5-31-19-10-9-17(15-21(19)29-3)22(25-13-11-16(12-14-25)24(26)27)18-7-6-8-20(28-2)23(18)30-4/h6-10,15-16,22H,5,11-14H2,1-4H3,(H,26,27). The van der Waals surface area contributed by atoms with Crippen molar-refractivity contribution in [1.29, 1.82) is 0 Å². The van der Waals surface area contributed by atoms with Gasteiger partial charge >= 0.3 is 5.97 Å². The molecule has 0 amide bonds. The average Bonchev–Trinajstić information content (AvgIpc) is 2.80. The Kier molecular flexibility index (Phi) is 7.63. The van der Waals surface area contributed by atoms with E-state index in [1.165, 1.54) is 0 Å². The van der Waals surface area contributed by atoms with Gasteiger partial charge in [0, 0.05) is 5.56 Å². The maximum absolute atomic E-state index is 11.5. The quantitative estimate of drug-likeness (QED) is 0.646. The predicted octanol–water partition coefficient (Wildman–Crippen LogP) is 4.00. The first-order chi connectivity index (χ1) is 15.0. The maximum Gasteiger partial charge on any atom is 0.306 e. The first-order valence-corrected chi connectivity index (χ1v) is 10.5. The summed E-state index contributed by atoms with van der Waals surface area (Å²) in [6.45, 7) is 3.81. The summed E-state index contributed by atoms with van der Waals surface area (Å²) in [5.41, 5.74) is 1.97. The molecule has 0 spiro atoms. The summed E-state index contributed by atoms with van der Waals surface area (Å²) >= 11 is 0. The second-order valence-electron chi connectivity index (χ2n) is 7.48. The lowest BCUT2D eigenvalue weighted by molar-refractivity contribution is -0.143. The molecule has 0 aliphatic carbocycles. The van der Waals surface area contributed by atoms with Crippen molar-refractivity contribution in [2.45, 2.75) is 25.8 Å². The Labute approximate surface area is 183 Å². The van der Waals surface area contributed by atoms with Crippen molar-refractivity contribution in [3.63, 3.8) is 0 Å². The number of rotatable bonds is 9. The fourth-order valence-corrected chi connectivity index (χ4v) is 4.25. The van der Waals surface area contributed by atoms with Crippen LogP contribution in [0.25, 0.3) is 0 Å². The number of aliphatic carboxylic acids is 1. The molecule has 1 saturated heterocycles. The normalized spacial score (nSPS) is 15.9. The largest absolute Gasteiger partial charge is 0.493 e. The third-order valence-corrected chi connectivity index (χ3v) is 5.78. The van der Waals surface area contributed by atoms with Crippen LogP contribution in [0.1, 0.15) is 36.9 Å². The second kappa shape index (κ2) is 10.4. The monoisotopic (exact) mass is 429 g/mol. The van der Waals surface area contributed by atoms with Crippen LogP contribution < -0.4 is 18.9 Å². The van der Waals surface area contributed by atoms with E-state index < -0.39 is 5.97 Å². The molecular formula is C24H31NO6. The van der Waals surface area contributed by atoms with Gasteiger partial charge in [-0.1, -0.05) is 18.2 Å². The summed E-state index contributed by atoms with van der Waals surface area (Å²) in [4.78, 5) is 13.7. The molecule has 1 heterocycles. The van der Waals surface area contributed by atoms with Crippen molar-refractivity contribution in [2.24, 2.45) is 5.92 Å². The van der Waals surface area contributed by atoms with E-state index in [1.54, 1.807) is 21.3 Å². The van der Waals surface area contributed by atoms with E-state index >= 15 is 0 Å². The summed E-state index contributed by atoms with van der Waals surface area (Å²) in [6, 6.07) is 11.6. The third-order valence-electron chi connectivity index (χ3n) is 5.78. The highest BCUT2D eigenvalue weighted by Gasteiger charge is 2.32. The van der Waals surface area contributed by atoms with Gasteiger partial charge in [0.05, 0.1) is 39.9 Å². The summed E-state index contributed by atoms with van der Waals surface area (Å²) in [5.74, 6) is 1.64. The van der Waals surface area contributed by atoms with Crippen molar-refractivity contribution in [1.82, 2.24) is 4.90 Å². The molecule has 1 aliphatic heterocycles. The molecule has 0 aromatic heterocycles. The lowest BCUT2D eigenvalue weighted by Crippen LogP contribution is -2.39. The number of piperidine rings is 1. The maximum atomic E-state index is 11.5. The molecule has 7 nitrogen and oxygen atoms in total. The van der Waals surface area contributed by atoms with E-state index in [0.717, 1.165) is 11.1 Å². The zero-order valence-electron chi connectivity index (χ0n) is 18.6. The molecule has 1 fully saturated rings. The van der Waals surface area contributed by atoms with Crippen molar-refractivity contribution in [3.05, 3.63) is 47.5 Å². The van der Waals surface area contributed by atoms with E-state index in [1.807, 2.05) is 43.3 Å². The Morgan fingerprint density at radius 1 is 1.03 bits per heavy atom. The summed E-state index contributed by atoms with van der Waals surface area (Å²) in [5, 5.41) is 9.41. The van der Waals surface area contributed by atoms with E-state index in [9.17, 15) is 9.90 Å². The van der Waals surface area contributed by atoms with Crippen LogP contribution in [0.15, 0.2) is 36.4 Å². The number of ether oxygens (including phenoxy) is 4. The zero-order chi connectivity index (χ0) is 22.4. The lowest BCUT2D eigenvalue weighted by Gasteiger charge is -2.37. The van der Waals surface area contributed by atoms with Gasteiger partial charge in [0.15, 0.2) is 23.0 Å². The predicted molar refractivity (Wildman–Crippen MR) is 117 cm³/mol. The first-order valence-electron chi connectivity index (χ1n) is 10.5. The number of carboxylic acids is 1. The van der Waals surface area contributed by atoms with Crippen molar-refractivity contribution in [3.8, 4) is 23.0 Å². The van der Waals surface area contributed by atoms with Crippen LogP contribution in [0, 0.1) is 5.92 Å². The molecule has 3 rings (SSSR count). The molecule has 2 aromatic rings. The number of para-hydroxylation sites is 1. The van der Waals surface area contributed by atoms with E-state index in [2.05, 4.69) is 4.90 Å². The average molecular weight is 430 g/mol. The summed E-state index contributed by atoms with van der Waals surface area (Å²) in [6.07, 6.45) is 1.21. The van der Waals surface area contributed by atoms with Crippen molar-refractivity contribution >= 4 is 5.97 Å². The number of likely N-dealkylation sites (tertiary alicyclic amines) is 1. The number of methoxy groups -OCH3 is 3. The Morgan fingerprint density at radius 3 is 2.32 bits per heavy atom. The van der Waals surface area contributed by atoms with Crippen LogP contribution in [0.2, 0.25) is 0 Å². The molecule has 31 heavy (non-hydrogen) atoms. The highest BCUT2D eigenvalue weighted by Crippen LogP contribution is 2.43. The Hall–Kier alpha value is -2.93. The Balaban J connectivity index is 2.07. The third kappa shape index (κ3) is 4.88. The van der Waals surface area contributed by atoms with E-state index in [-0.39, 0.29) is 12.0 Å². The molecule has 1 unspecified atom stereocenters. The molecule has 168 valence electrons. The SMILES string of the molecule is CCOc1ccc(C(c2cccc(OC)c2OC)N2CCC(C(=O)O)CC2)cc1OC. The van der Waals surface area contributed by atoms with E-state index in [0.29, 0.717) is 55.5 Å². The van der Waals surface area contributed by atoms with Gasteiger partial charge in [0.2, 0.25) is 0 Å². The number of hydrogen-bond acceptors (Lipinski definition) is 6. The molecule has 0 bridgehead atoms. The minimum Gasteiger partial charge on any atom is -0.493 e. The lowest BCUT2D eigenvalue weighted by atomic mass is 9.90. The van der Waals surface area contributed by atoms with Crippen LogP contribution in [0.4, 0.5) is 0 Å². The van der Waals surface area contributed by atoms with E-state index in [4.69, 9.17) is 18.9 Å². The Bertz CT molecular complexity index is 892. The van der Waals surface area contributed by atoms with Gasteiger partial charge in [-0.05, 0) is 56.6 Å². The summed E-state index contributed by atoms with van der Waals surface area (Å²) in [7, 11) is 4.88. The molecule has 2 aromatic carbocycles. The van der Waals surface area contributed by atoms with Gasteiger partial charge in [-0.3, -0.25) is 9.69 Å². The minimum absolute atomic E-state index is 0.149. The van der Waals surface area contributed by atoms with Gasteiger partial charge < -0.3 is 24.1 Å². The number of carboxylic acid groups (broad SMARTS) is 1. The van der Waals surface area contributed by atoms with Gasteiger partial charge in [0.25, 0.3) is 0 Å². The van der Waals surface area contributed by atoms with Crippen LogP contribution in [0.3, 0.4) is 0 Å². The minimum atomic E-state index is -0.724. The van der Waals surface area contributed by atoms with Gasteiger partial charge in [0.1, 0.15) is 0 Å². The topological polar surface area (TPSA) is 77.5 Å². The zero-order valence-corrected chi connectivity index (χ0v) is 18.6. The number of benzene rings is 2.